The molecule has 2 aromatic rings. The molecule has 19 heavy (non-hydrogen) atoms. The lowest BCUT2D eigenvalue weighted by molar-refractivity contribution is 0.410. The second-order valence-electron chi connectivity index (χ2n) is 4.85. The molecule has 0 amide bonds. The number of hydrogen-bond donors (Lipinski definition) is 1. The number of fused-ring (bicyclic) bond motifs is 1. The van der Waals surface area contributed by atoms with Gasteiger partial charge in [-0.25, -0.2) is 9.67 Å². The molecule has 5 nitrogen and oxygen atoms in total. The van der Waals surface area contributed by atoms with Gasteiger partial charge in [-0.1, -0.05) is 18.2 Å². The van der Waals surface area contributed by atoms with Crippen molar-refractivity contribution in [3.8, 4) is 5.75 Å². The van der Waals surface area contributed by atoms with Crippen molar-refractivity contribution in [1.82, 2.24) is 14.8 Å². The van der Waals surface area contributed by atoms with E-state index in [4.69, 9.17) is 10.5 Å². The average Bonchev–Trinajstić information content (AvgIpc) is 2.83. The topological polar surface area (TPSA) is 66.0 Å². The third kappa shape index (κ3) is 2.33. The van der Waals surface area contributed by atoms with Crippen LogP contribution < -0.4 is 10.5 Å². The lowest BCUT2D eigenvalue weighted by Gasteiger charge is -2.17. The molecule has 1 aliphatic heterocycles. The maximum Gasteiger partial charge on any atom is 0.155 e. The Bertz CT molecular complexity index is 579. The fourth-order valence-corrected chi connectivity index (χ4v) is 2.53. The lowest BCUT2D eigenvalue weighted by Crippen LogP contribution is -2.22. The number of aromatic nitrogens is 3. The number of hydrogen-bond acceptors (Lipinski definition) is 4. The summed E-state index contributed by atoms with van der Waals surface area (Å²) in [5, 5.41) is 4.54. The maximum absolute atomic E-state index is 6.06. The van der Waals surface area contributed by atoms with Gasteiger partial charge in [0, 0.05) is 18.5 Å². The number of aryl methyl sites for hydroxylation is 1. The third-order valence-corrected chi connectivity index (χ3v) is 3.50. The zero-order valence-corrected chi connectivity index (χ0v) is 11.0. The Balaban J connectivity index is 1.88. The first-order chi connectivity index (χ1) is 9.28. The van der Waals surface area contributed by atoms with Crippen LogP contribution in [-0.4, -0.2) is 21.9 Å². The first-order valence-corrected chi connectivity index (χ1v) is 6.59. The minimum atomic E-state index is 0.0210. The fourth-order valence-electron chi connectivity index (χ4n) is 2.53. The number of rotatable bonds is 3. The zero-order chi connectivity index (χ0) is 13.2. The summed E-state index contributed by atoms with van der Waals surface area (Å²) >= 11 is 0. The van der Waals surface area contributed by atoms with Gasteiger partial charge in [0.1, 0.15) is 11.6 Å². The van der Waals surface area contributed by atoms with Crippen LogP contribution in [0.5, 0.6) is 5.75 Å². The van der Waals surface area contributed by atoms with E-state index < -0.39 is 0 Å². The van der Waals surface area contributed by atoms with Crippen molar-refractivity contribution in [1.29, 1.82) is 0 Å². The molecule has 0 fully saturated rings. The Morgan fingerprint density at radius 2 is 2.26 bits per heavy atom. The van der Waals surface area contributed by atoms with Crippen molar-refractivity contribution in [2.75, 3.05) is 7.11 Å². The molecule has 5 heteroatoms. The fraction of sp³-hybridized carbons (Fsp3) is 0.429. The molecule has 0 saturated carbocycles. The number of para-hydroxylation sites is 1. The lowest BCUT2D eigenvalue weighted by atomic mass is 10.1. The van der Waals surface area contributed by atoms with E-state index in [1.54, 1.807) is 7.11 Å². The van der Waals surface area contributed by atoms with E-state index in [-0.39, 0.29) is 6.04 Å². The number of nitrogens with two attached hydrogens (primary N) is 1. The van der Waals surface area contributed by atoms with Crippen LogP contribution in [0.1, 0.15) is 36.1 Å². The molecular weight excluding hydrogens is 240 g/mol. The summed E-state index contributed by atoms with van der Waals surface area (Å²) in [4.78, 5) is 4.57. The molecule has 1 unspecified atom stereocenters. The van der Waals surface area contributed by atoms with Gasteiger partial charge in [0.05, 0.1) is 13.2 Å². The second kappa shape index (κ2) is 5.01. The number of methoxy groups -OCH3 is 1. The summed E-state index contributed by atoms with van der Waals surface area (Å²) < 4.78 is 7.30. The number of nitrogens with zero attached hydrogens (tertiary/aromatic N) is 3. The number of benzene rings is 1. The molecule has 0 saturated heterocycles. The van der Waals surface area contributed by atoms with Crippen LogP contribution in [0.4, 0.5) is 0 Å². The SMILES string of the molecule is COc1ccccc1Cc1nc2n(n1)CCCC2N. The average molecular weight is 258 g/mol. The van der Waals surface area contributed by atoms with Gasteiger partial charge < -0.3 is 10.5 Å². The standard InChI is InChI=1S/C14H18N4O/c1-19-12-7-3-2-5-10(12)9-13-16-14-11(15)6-4-8-18(14)17-13/h2-3,5,7,11H,4,6,8-9,15H2,1H3. The predicted molar refractivity (Wildman–Crippen MR) is 72.0 cm³/mol. The van der Waals surface area contributed by atoms with Crippen molar-refractivity contribution in [2.45, 2.75) is 31.8 Å². The first kappa shape index (κ1) is 12.2. The van der Waals surface area contributed by atoms with Crippen molar-refractivity contribution in [3.05, 3.63) is 41.5 Å². The van der Waals surface area contributed by atoms with Crippen LogP contribution in [-0.2, 0) is 13.0 Å². The van der Waals surface area contributed by atoms with E-state index in [0.29, 0.717) is 6.42 Å². The Hall–Kier alpha value is -1.88. The highest BCUT2D eigenvalue weighted by atomic mass is 16.5. The van der Waals surface area contributed by atoms with Gasteiger partial charge in [0.15, 0.2) is 5.82 Å². The highest BCUT2D eigenvalue weighted by Crippen LogP contribution is 2.23. The summed E-state index contributed by atoms with van der Waals surface area (Å²) in [6.07, 6.45) is 2.75. The molecule has 100 valence electrons. The molecule has 1 aliphatic rings. The minimum absolute atomic E-state index is 0.0210. The van der Waals surface area contributed by atoms with Crippen LogP contribution in [0.3, 0.4) is 0 Å². The Morgan fingerprint density at radius 1 is 1.42 bits per heavy atom. The molecule has 0 radical (unpaired) electrons. The Kier molecular flexibility index (Phi) is 3.21. The monoisotopic (exact) mass is 258 g/mol. The largest absolute Gasteiger partial charge is 0.496 e. The van der Waals surface area contributed by atoms with Crippen LogP contribution >= 0.6 is 0 Å². The normalized spacial score (nSPS) is 18.1. The molecule has 1 aromatic carbocycles. The van der Waals surface area contributed by atoms with Crippen molar-refractivity contribution >= 4 is 0 Å². The summed E-state index contributed by atoms with van der Waals surface area (Å²) in [6, 6.07) is 7.98. The number of ether oxygens (including phenoxy) is 1. The van der Waals surface area contributed by atoms with Crippen LogP contribution in [0.25, 0.3) is 0 Å². The van der Waals surface area contributed by atoms with Crippen LogP contribution in [0.2, 0.25) is 0 Å². The van der Waals surface area contributed by atoms with Crippen molar-refractivity contribution in [2.24, 2.45) is 5.73 Å². The molecule has 0 spiro atoms. The molecule has 0 aliphatic carbocycles. The zero-order valence-electron chi connectivity index (χ0n) is 11.0. The van der Waals surface area contributed by atoms with Crippen LogP contribution in [0.15, 0.2) is 24.3 Å². The van der Waals surface area contributed by atoms with Gasteiger partial charge in [-0.05, 0) is 18.9 Å². The van der Waals surface area contributed by atoms with Gasteiger partial charge in [-0.2, -0.15) is 5.10 Å². The summed E-state index contributed by atoms with van der Waals surface area (Å²) in [5.41, 5.74) is 7.16. The molecular formula is C14H18N4O. The quantitative estimate of drug-likeness (QED) is 0.909. The van der Waals surface area contributed by atoms with Crippen LogP contribution in [0, 0.1) is 0 Å². The Morgan fingerprint density at radius 3 is 3.05 bits per heavy atom. The predicted octanol–water partition coefficient (Wildman–Crippen LogP) is 1.67. The maximum atomic E-state index is 6.06. The molecule has 2 heterocycles. The second-order valence-corrected chi connectivity index (χ2v) is 4.85. The van der Waals surface area contributed by atoms with Crippen molar-refractivity contribution < 1.29 is 4.74 Å². The molecule has 1 atom stereocenters. The van der Waals surface area contributed by atoms with Gasteiger partial charge in [0.25, 0.3) is 0 Å². The summed E-state index contributed by atoms with van der Waals surface area (Å²) in [5.74, 6) is 2.60. The molecule has 2 N–H and O–H groups in total. The van der Waals surface area contributed by atoms with Gasteiger partial charge >= 0.3 is 0 Å². The van der Waals surface area contributed by atoms with Gasteiger partial charge in [0.2, 0.25) is 0 Å². The van der Waals surface area contributed by atoms with E-state index in [1.165, 1.54) is 0 Å². The molecule has 0 bridgehead atoms. The summed E-state index contributed by atoms with van der Waals surface area (Å²) in [7, 11) is 1.68. The van der Waals surface area contributed by atoms with Gasteiger partial charge in [-0.15, -0.1) is 0 Å². The molecule has 3 rings (SSSR count). The van der Waals surface area contributed by atoms with Gasteiger partial charge in [-0.3, -0.25) is 0 Å². The van der Waals surface area contributed by atoms with E-state index in [9.17, 15) is 0 Å². The molecule has 1 aromatic heterocycles. The highest BCUT2D eigenvalue weighted by molar-refractivity contribution is 5.35. The summed E-state index contributed by atoms with van der Waals surface area (Å²) in [6.45, 7) is 0.919. The Labute approximate surface area is 112 Å². The minimum Gasteiger partial charge on any atom is -0.496 e. The first-order valence-electron chi connectivity index (χ1n) is 6.59. The smallest absolute Gasteiger partial charge is 0.155 e. The third-order valence-electron chi connectivity index (χ3n) is 3.50. The van der Waals surface area contributed by atoms with E-state index >= 15 is 0 Å². The van der Waals surface area contributed by atoms with E-state index in [0.717, 1.165) is 42.3 Å². The van der Waals surface area contributed by atoms with E-state index in [1.807, 2.05) is 28.9 Å². The highest BCUT2D eigenvalue weighted by Gasteiger charge is 2.21. The van der Waals surface area contributed by atoms with E-state index in [2.05, 4.69) is 10.1 Å². The van der Waals surface area contributed by atoms with Crippen molar-refractivity contribution in [3.63, 3.8) is 0 Å².